The normalized spacial score (nSPS) is 10.3. The van der Waals surface area contributed by atoms with E-state index in [1.54, 1.807) is 7.11 Å². The molecule has 0 radical (unpaired) electrons. The van der Waals surface area contributed by atoms with Gasteiger partial charge < -0.3 is 15.4 Å². The highest BCUT2D eigenvalue weighted by molar-refractivity contribution is 7.80. The molecule has 10 heteroatoms. The zero-order valence-electron chi connectivity index (χ0n) is 12.2. The molecule has 3 aromatic rings. The fourth-order valence-corrected chi connectivity index (χ4v) is 3.35. The average molecular weight is 364 g/mol. The second-order valence-electron chi connectivity index (χ2n) is 4.41. The van der Waals surface area contributed by atoms with E-state index >= 15 is 0 Å². The predicted octanol–water partition coefficient (Wildman–Crippen LogP) is 3.18. The highest BCUT2D eigenvalue weighted by Gasteiger charge is 2.10. The molecule has 3 rings (SSSR count). The Kier molecular flexibility index (Phi) is 4.74. The van der Waals surface area contributed by atoms with Gasteiger partial charge in [-0.2, -0.15) is 0 Å². The van der Waals surface area contributed by atoms with E-state index in [4.69, 9.17) is 17.0 Å². The molecule has 0 bridgehead atoms. The van der Waals surface area contributed by atoms with E-state index in [0.717, 1.165) is 27.0 Å². The number of nitrogens with zero attached hydrogens (tertiary/aromatic N) is 4. The third kappa shape index (κ3) is 3.78. The summed E-state index contributed by atoms with van der Waals surface area (Å²) < 4.78 is 8.99. The summed E-state index contributed by atoms with van der Waals surface area (Å²) in [5.74, 6) is 0.801. The van der Waals surface area contributed by atoms with Crippen LogP contribution in [0.2, 0.25) is 0 Å². The maximum atomic E-state index is 5.25. The van der Waals surface area contributed by atoms with Crippen LogP contribution in [0.5, 0.6) is 5.75 Å². The molecular weight excluding hydrogens is 352 g/mol. The summed E-state index contributed by atoms with van der Waals surface area (Å²) in [6.07, 6.45) is 0. The Labute approximate surface area is 145 Å². The molecule has 2 heterocycles. The maximum Gasteiger partial charge on any atom is 0.212 e. The van der Waals surface area contributed by atoms with Crippen LogP contribution in [0, 0.1) is 6.92 Å². The monoisotopic (exact) mass is 364 g/mol. The van der Waals surface area contributed by atoms with Gasteiger partial charge in [-0.05, 0) is 43.4 Å². The third-order valence-corrected chi connectivity index (χ3v) is 4.70. The third-order valence-electron chi connectivity index (χ3n) is 2.86. The minimum Gasteiger partial charge on any atom is -0.497 e. The van der Waals surface area contributed by atoms with Crippen LogP contribution in [0.1, 0.15) is 5.69 Å². The molecule has 0 saturated heterocycles. The number of aromatic nitrogens is 4. The van der Waals surface area contributed by atoms with E-state index in [0.29, 0.717) is 10.2 Å². The van der Waals surface area contributed by atoms with Gasteiger partial charge in [0, 0.05) is 17.1 Å². The van der Waals surface area contributed by atoms with E-state index in [2.05, 4.69) is 30.4 Å². The van der Waals surface area contributed by atoms with Crippen LogP contribution in [0.25, 0.3) is 10.6 Å². The Morgan fingerprint density at radius 2 is 1.91 bits per heavy atom. The fourth-order valence-electron chi connectivity index (χ4n) is 1.70. The topological polar surface area (TPSA) is 84.9 Å². The predicted molar refractivity (Wildman–Crippen MR) is 96.4 cm³/mol. The quantitative estimate of drug-likeness (QED) is 0.683. The molecule has 7 nitrogen and oxygen atoms in total. The maximum absolute atomic E-state index is 5.25. The SMILES string of the molecule is COc1ccc(-c2nnc(NC(=S)Nc3snnc3C)s2)cc1. The van der Waals surface area contributed by atoms with Crippen LogP contribution >= 0.6 is 35.1 Å². The Balaban J connectivity index is 1.66. The number of nitrogens with one attached hydrogen (secondary N) is 2. The van der Waals surface area contributed by atoms with Crippen molar-refractivity contribution < 1.29 is 4.74 Å². The van der Waals surface area contributed by atoms with E-state index in [1.807, 2.05) is 31.2 Å². The Morgan fingerprint density at radius 3 is 2.57 bits per heavy atom. The van der Waals surface area contributed by atoms with Crippen molar-refractivity contribution in [2.75, 3.05) is 17.7 Å². The minimum absolute atomic E-state index is 0.427. The number of thiocarbonyl (C=S) groups is 1. The standard InChI is InChI=1S/C13H12N6OS3/c1-7-10(23-19-16-7)14-12(21)15-13-18-17-11(22-13)8-3-5-9(20-2)6-4-8/h3-6H,1-2H3,(H2,14,15,18,21). The lowest BCUT2D eigenvalue weighted by molar-refractivity contribution is 0.415. The Hall–Kier alpha value is -2.17. The first-order valence-electron chi connectivity index (χ1n) is 6.50. The van der Waals surface area contributed by atoms with Gasteiger partial charge in [-0.1, -0.05) is 15.8 Å². The summed E-state index contributed by atoms with van der Waals surface area (Å²) in [5.41, 5.74) is 1.77. The number of methoxy groups -OCH3 is 1. The first-order chi connectivity index (χ1) is 11.2. The fraction of sp³-hybridized carbons (Fsp3) is 0.154. The van der Waals surface area contributed by atoms with Crippen LogP contribution in [0.4, 0.5) is 10.1 Å². The zero-order valence-corrected chi connectivity index (χ0v) is 14.7. The van der Waals surface area contributed by atoms with Gasteiger partial charge >= 0.3 is 0 Å². The Bertz CT molecular complexity index is 813. The first-order valence-corrected chi connectivity index (χ1v) is 8.50. The number of hydrogen-bond acceptors (Lipinski definition) is 8. The smallest absolute Gasteiger partial charge is 0.212 e. The van der Waals surface area contributed by atoms with Gasteiger partial charge in [0.25, 0.3) is 0 Å². The molecule has 0 amide bonds. The zero-order chi connectivity index (χ0) is 16.2. The van der Waals surface area contributed by atoms with Gasteiger partial charge in [0.2, 0.25) is 5.13 Å². The van der Waals surface area contributed by atoms with Gasteiger partial charge in [0.1, 0.15) is 15.8 Å². The van der Waals surface area contributed by atoms with Gasteiger partial charge in [-0.25, -0.2) is 0 Å². The van der Waals surface area contributed by atoms with E-state index in [-0.39, 0.29) is 0 Å². The number of benzene rings is 1. The molecule has 0 atom stereocenters. The molecule has 1 aromatic carbocycles. The second kappa shape index (κ2) is 6.94. The summed E-state index contributed by atoms with van der Waals surface area (Å²) >= 11 is 7.92. The van der Waals surface area contributed by atoms with Gasteiger partial charge in [-0.15, -0.1) is 15.3 Å². The van der Waals surface area contributed by atoms with Crippen LogP contribution < -0.4 is 15.4 Å². The van der Waals surface area contributed by atoms with E-state index < -0.39 is 0 Å². The number of anilines is 2. The molecule has 118 valence electrons. The van der Waals surface area contributed by atoms with Gasteiger partial charge in [0.05, 0.1) is 12.8 Å². The molecule has 2 N–H and O–H groups in total. The lowest BCUT2D eigenvalue weighted by atomic mass is 10.2. The van der Waals surface area contributed by atoms with E-state index in [1.165, 1.54) is 22.9 Å². The van der Waals surface area contributed by atoms with Crippen molar-refractivity contribution in [2.24, 2.45) is 0 Å². The highest BCUT2D eigenvalue weighted by atomic mass is 32.1. The molecule has 0 fully saturated rings. The summed E-state index contributed by atoms with van der Waals surface area (Å²) in [6, 6.07) is 7.64. The molecule has 0 saturated carbocycles. The van der Waals surface area contributed by atoms with Crippen LogP contribution in [-0.4, -0.2) is 32.0 Å². The minimum atomic E-state index is 0.427. The van der Waals surface area contributed by atoms with Crippen molar-refractivity contribution in [1.82, 2.24) is 19.8 Å². The molecule has 23 heavy (non-hydrogen) atoms. The number of rotatable bonds is 4. The van der Waals surface area contributed by atoms with Gasteiger partial charge in [0.15, 0.2) is 5.11 Å². The molecule has 0 aliphatic rings. The number of hydrogen-bond donors (Lipinski definition) is 2. The van der Waals surface area contributed by atoms with E-state index in [9.17, 15) is 0 Å². The summed E-state index contributed by atoms with van der Waals surface area (Å²) in [4.78, 5) is 0. The molecular formula is C13H12N6OS3. The first kappa shape index (κ1) is 15.7. The largest absolute Gasteiger partial charge is 0.497 e. The Morgan fingerprint density at radius 1 is 1.13 bits per heavy atom. The van der Waals surface area contributed by atoms with Gasteiger partial charge in [-0.3, -0.25) is 0 Å². The average Bonchev–Trinajstić information content (AvgIpc) is 3.17. The van der Waals surface area contributed by atoms with Crippen molar-refractivity contribution in [2.45, 2.75) is 6.92 Å². The van der Waals surface area contributed by atoms with Crippen molar-refractivity contribution in [3.8, 4) is 16.3 Å². The molecule has 0 unspecified atom stereocenters. The molecule has 0 aliphatic carbocycles. The van der Waals surface area contributed by atoms with Crippen molar-refractivity contribution >= 4 is 50.3 Å². The van der Waals surface area contributed by atoms with Crippen LogP contribution in [0.3, 0.4) is 0 Å². The molecule has 0 aliphatic heterocycles. The lowest BCUT2D eigenvalue weighted by Gasteiger charge is -2.05. The highest BCUT2D eigenvalue weighted by Crippen LogP contribution is 2.28. The van der Waals surface area contributed by atoms with Crippen LogP contribution in [0.15, 0.2) is 24.3 Å². The van der Waals surface area contributed by atoms with Crippen molar-refractivity contribution in [3.63, 3.8) is 0 Å². The lowest BCUT2D eigenvalue weighted by Crippen LogP contribution is -2.18. The summed E-state index contributed by atoms with van der Waals surface area (Å²) in [5, 5.41) is 20.9. The molecule has 0 spiro atoms. The number of ether oxygens (including phenoxy) is 1. The summed E-state index contributed by atoms with van der Waals surface area (Å²) in [7, 11) is 1.64. The van der Waals surface area contributed by atoms with Crippen molar-refractivity contribution in [1.29, 1.82) is 0 Å². The van der Waals surface area contributed by atoms with Crippen LogP contribution in [-0.2, 0) is 0 Å². The summed E-state index contributed by atoms with van der Waals surface area (Å²) in [6.45, 7) is 1.86. The molecule has 2 aromatic heterocycles. The van der Waals surface area contributed by atoms with Crippen molar-refractivity contribution in [3.05, 3.63) is 30.0 Å². The number of aryl methyl sites for hydroxylation is 1. The second-order valence-corrected chi connectivity index (χ2v) is 6.55.